The number of sulfonamides is 1. The summed E-state index contributed by atoms with van der Waals surface area (Å²) in [5, 5.41) is 12.9. The van der Waals surface area contributed by atoms with Crippen LogP contribution in [0.4, 0.5) is 9.59 Å². The summed E-state index contributed by atoms with van der Waals surface area (Å²) in [7, 11) is -3.93. The van der Waals surface area contributed by atoms with Crippen LogP contribution in [0.2, 0.25) is 0 Å². The number of hydrogen-bond donors (Lipinski definition) is 3. The summed E-state index contributed by atoms with van der Waals surface area (Å²) in [6.07, 6.45) is -0.162. The van der Waals surface area contributed by atoms with Gasteiger partial charge in [0, 0.05) is 36.1 Å². The van der Waals surface area contributed by atoms with E-state index in [1.807, 2.05) is 0 Å². The average Bonchev–Trinajstić information content (AvgIpc) is 3.36. The summed E-state index contributed by atoms with van der Waals surface area (Å²) in [5.41, 5.74) is -1.24. The Balaban J connectivity index is 1.66. The predicted octanol–water partition coefficient (Wildman–Crippen LogP) is 2.30. The molecule has 33 heavy (non-hydrogen) atoms. The standard InChI is InChI=1S/C21H24N4O7S/c1-21(2,3)32-19(27)23-12-7-9-24(11-12)33(30,31)13-4-5-16-15(10-13)14-6-8-22-17(14)18(26)25(16)20(28)29/h4-6,8,10,12,22H,7,9,11H2,1-3H3,(H,23,27)(H,28,29). The number of benzene rings is 1. The van der Waals surface area contributed by atoms with Gasteiger partial charge in [-0.05, 0) is 51.5 Å². The van der Waals surface area contributed by atoms with Crippen LogP contribution in [0.3, 0.4) is 0 Å². The van der Waals surface area contributed by atoms with Gasteiger partial charge in [0.15, 0.2) is 0 Å². The maximum absolute atomic E-state index is 13.3. The largest absolute Gasteiger partial charge is 0.464 e. The molecular formula is C21H24N4O7S. The smallest absolute Gasteiger partial charge is 0.419 e. The van der Waals surface area contributed by atoms with E-state index in [-0.39, 0.29) is 29.0 Å². The van der Waals surface area contributed by atoms with Gasteiger partial charge in [0.05, 0.1) is 10.4 Å². The highest BCUT2D eigenvalue weighted by Crippen LogP contribution is 2.28. The Morgan fingerprint density at radius 3 is 2.61 bits per heavy atom. The zero-order valence-corrected chi connectivity index (χ0v) is 19.1. The van der Waals surface area contributed by atoms with Crippen molar-refractivity contribution in [1.29, 1.82) is 0 Å². The molecule has 12 heteroatoms. The van der Waals surface area contributed by atoms with Gasteiger partial charge in [-0.1, -0.05) is 0 Å². The van der Waals surface area contributed by atoms with E-state index >= 15 is 0 Å². The van der Waals surface area contributed by atoms with Gasteiger partial charge in [-0.15, -0.1) is 0 Å². The molecule has 1 aliphatic rings. The van der Waals surface area contributed by atoms with E-state index < -0.39 is 39.4 Å². The van der Waals surface area contributed by atoms with Crippen molar-refractivity contribution in [1.82, 2.24) is 19.2 Å². The van der Waals surface area contributed by atoms with Crippen LogP contribution in [0.1, 0.15) is 27.2 Å². The molecule has 176 valence electrons. The van der Waals surface area contributed by atoms with Crippen molar-refractivity contribution in [3.05, 3.63) is 40.8 Å². The second-order valence-corrected chi connectivity index (χ2v) is 10.8. The number of amides is 1. The normalized spacial score (nSPS) is 17.5. The van der Waals surface area contributed by atoms with Gasteiger partial charge in [-0.25, -0.2) is 22.6 Å². The van der Waals surface area contributed by atoms with E-state index in [4.69, 9.17) is 4.74 Å². The van der Waals surface area contributed by atoms with Crippen molar-refractivity contribution < 1.29 is 27.9 Å². The highest BCUT2D eigenvalue weighted by Gasteiger charge is 2.34. The third kappa shape index (κ3) is 4.18. The van der Waals surface area contributed by atoms with Gasteiger partial charge in [0.25, 0.3) is 5.56 Å². The molecular weight excluding hydrogens is 452 g/mol. The summed E-state index contributed by atoms with van der Waals surface area (Å²) in [5.74, 6) is 0. The van der Waals surface area contributed by atoms with Gasteiger partial charge in [-0.2, -0.15) is 4.31 Å². The minimum Gasteiger partial charge on any atom is -0.464 e. The average molecular weight is 477 g/mol. The summed E-state index contributed by atoms with van der Waals surface area (Å²) in [4.78, 5) is 38.9. The Kier molecular flexibility index (Phi) is 5.45. The lowest BCUT2D eigenvalue weighted by Gasteiger charge is -2.22. The molecule has 3 heterocycles. The lowest BCUT2D eigenvalue weighted by molar-refractivity contribution is 0.0507. The van der Waals surface area contributed by atoms with Crippen molar-refractivity contribution in [3.8, 4) is 0 Å². The number of aromatic amines is 1. The molecule has 1 aliphatic heterocycles. The summed E-state index contributed by atoms with van der Waals surface area (Å²) < 4.78 is 33.7. The van der Waals surface area contributed by atoms with Crippen LogP contribution in [0, 0.1) is 0 Å². The number of carboxylic acid groups (broad SMARTS) is 1. The third-order valence-corrected chi connectivity index (χ3v) is 7.23. The fraction of sp³-hybridized carbons (Fsp3) is 0.381. The van der Waals surface area contributed by atoms with Crippen LogP contribution in [-0.4, -0.2) is 64.3 Å². The Morgan fingerprint density at radius 2 is 1.94 bits per heavy atom. The molecule has 4 rings (SSSR count). The van der Waals surface area contributed by atoms with Crippen LogP contribution >= 0.6 is 0 Å². The molecule has 1 amide bonds. The molecule has 0 aliphatic carbocycles. The van der Waals surface area contributed by atoms with Crippen molar-refractivity contribution in [2.24, 2.45) is 0 Å². The number of carbonyl (C=O) groups is 2. The fourth-order valence-electron chi connectivity index (χ4n) is 3.96. The number of pyridine rings is 1. The molecule has 0 radical (unpaired) electrons. The number of aromatic nitrogens is 2. The van der Waals surface area contributed by atoms with Crippen LogP contribution in [0.25, 0.3) is 21.8 Å². The second-order valence-electron chi connectivity index (χ2n) is 8.86. The van der Waals surface area contributed by atoms with E-state index in [1.165, 1.54) is 28.7 Å². The van der Waals surface area contributed by atoms with Gasteiger partial charge < -0.3 is 20.1 Å². The first kappa shape index (κ1) is 22.8. The summed E-state index contributed by atoms with van der Waals surface area (Å²) in [6, 6.07) is 5.16. The minimum atomic E-state index is -3.93. The number of fused-ring (bicyclic) bond motifs is 3. The van der Waals surface area contributed by atoms with Crippen LogP contribution in [0.5, 0.6) is 0 Å². The first-order valence-corrected chi connectivity index (χ1v) is 11.7. The minimum absolute atomic E-state index is 0.0361. The summed E-state index contributed by atoms with van der Waals surface area (Å²) >= 11 is 0. The Bertz CT molecular complexity index is 1430. The quantitative estimate of drug-likeness (QED) is 0.525. The van der Waals surface area contributed by atoms with Gasteiger partial charge >= 0.3 is 12.2 Å². The number of nitrogens with one attached hydrogen (secondary N) is 2. The first-order chi connectivity index (χ1) is 15.4. The van der Waals surface area contributed by atoms with Gasteiger partial charge in [0.2, 0.25) is 10.0 Å². The molecule has 0 saturated carbocycles. The molecule has 1 atom stereocenters. The number of rotatable bonds is 3. The monoisotopic (exact) mass is 476 g/mol. The number of alkyl carbamates (subject to hydrolysis) is 1. The topological polar surface area (TPSA) is 151 Å². The summed E-state index contributed by atoms with van der Waals surface area (Å²) in [6.45, 7) is 5.50. The van der Waals surface area contributed by atoms with Crippen LogP contribution in [-0.2, 0) is 14.8 Å². The highest BCUT2D eigenvalue weighted by atomic mass is 32.2. The maximum atomic E-state index is 13.3. The SMILES string of the molecule is CC(C)(C)OC(=O)NC1CCN(S(=O)(=O)c2ccc3c(c2)c2cc[nH]c2c(=O)n3C(=O)O)C1. The van der Waals surface area contributed by atoms with Gasteiger partial charge in [-0.3, -0.25) is 4.79 Å². The highest BCUT2D eigenvalue weighted by molar-refractivity contribution is 7.89. The van der Waals surface area contributed by atoms with Crippen molar-refractivity contribution in [2.75, 3.05) is 13.1 Å². The molecule has 1 aromatic carbocycles. The number of hydrogen-bond acceptors (Lipinski definition) is 6. The maximum Gasteiger partial charge on any atom is 0.419 e. The molecule has 0 bridgehead atoms. The third-order valence-electron chi connectivity index (χ3n) is 5.36. The van der Waals surface area contributed by atoms with E-state index in [0.29, 0.717) is 21.8 Å². The number of H-pyrrole nitrogens is 1. The molecule has 3 aromatic rings. The van der Waals surface area contributed by atoms with E-state index in [0.717, 1.165) is 0 Å². The zero-order chi connectivity index (χ0) is 24.1. The molecule has 2 aromatic heterocycles. The van der Waals surface area contributed by atoms with Gasteiger partial charge in [0.1, 0.15) is 11.1 Å². The van der Waals surface area contributed by atoms with Crippen molar-refractivity contribution in [2.45, 2.75) is 43.7 Å². The predicted molar refractivity (Wildman–Crippen MR) is 120 cm³/mol. The molecule has 1 fully saturated rings. The van der Waals surface area contributed by atoms with E-state index in [9.17, 15) is 27.9 Å². The zero-order valence-electron chi connectivity index (χ0n) is 18.3. The van der Waals surface area contributed by atoms with Crippen molar-refractivity contribution in [3.63, 3.8) is 0 Å². The Morgan fingerprint density at radius 1 is 1.21 bits per heavy atom. The second kappa shape index (κ2) is 7.89. The molecule has 11 nitrogen and oxygen atoms in total. The van der Waals surface area contributed by atoms with Crippen LogP contribution < -0.4 is 10.9 Å². The molecule has 1 unspecified atom stereocenters. The molecule has 3 N–H and O–H groups in total. The number of nitrogens with zero attached hydrogens (tertiary/aromatic N) is 2. The van der Waals surface area contributed by atoms with E-state index in [2.05, 4.69) is 10.3 Å². The first-order valence-electron chi connectivity index (χ1n) is 10.3. The molecule has 1 saturated heterocycles. The lowest BCUT2D eigenvalue weighted by Crippen LogP contribution is -2.41. The van der Waals surface area contributed by atoms with E-state index in [1.54, 1.807) is 26.8 Å². The number of carbonyl (C=O) groups excluding carboxylic acids is 1. The van der Waals surface area contributed by atoms with Crippen LogP contribution in [0.15, 0.2) is 40.2 Å². The Labute approximate surface area is 189 Å². The fourth-order valence-corrected chi connectivity index (χ4v) is 5.48. The number of ether oxygens (including phenoxy) is 1. The Hall–Kier alpha value is -3.38. The van der Waals surface area contributed by atoms with Crippen molar-refractivity contribution >= 4 is 44.0 Å². The lowest BCUT2D eigenvalue weighted by atomic mass is 10.1. The molecule has 0 spiro atoms.